The molecular weight excluding hydrogens is 303 g/mol. The summed E-state index contributed by atoms with van der Waals surface area (Å²) in [5.74, 6) is -0.868. The molecule has 0 bridgehead atoms. The zero-order valence-corrected chi connectivity index (χ0v) is 11.9. The van der Waals surface area contributed by atoms with Crippen molar-refractivity contribution in [1.29, 1.82) is 0 Å². The monoisotopic (exact) mass is 319 g/mol. The maximum atomic E-state index is 12.2. The van der Waals surface area contributed by atoms with Crippen LogP contribution in [0.15, 0.2) is 24.3 Å². The average Bonchev–Trinajstić information content (AvgIpc) is 2.48. The highest BCUT2D eigenvalue weighted by Crippen LogP contribution is 2.18. The van der Waals surface area contributed by atoms with Gasteiger partial charge < -0.3 is 19.6 Å². The molecular formula is C14H16F3NO4. The minimum atomic E-state index is -4.52. The molecule has 0 heterocycles. The summed E-state index contributed by atoms with van der Waals surface area (Å²) >= 11 is 0. The van der Waals surface area contributed by atoms with Gasteiger partial charge in [-0.3, -0.25) is 0 Å². The van der Waals surface area contributed by atoms with Crippen LogP contribution in [0.5, 0.6) is 0 Å². The van der Waals surface area contributed by atoms with E-state index in [0.717, 1.165) is 7.11 Å². The number of esters is 1. The van der Waals surface area contributed by atoms with Gasteiger partial charge in [-0.2, -0.15) is 13.2 Å². The maximum absolute atomic E-state index is 12.2. The Bertz CT molecular complexity index is 488. The van der Waals surface area contributed by atoms with E-state index < -0.39 is 24.9 Å². The molecule has 1 aromatic rings. The zero-order chi connectivity index (χ0) is 16.6. The van der Waals surface area contributed by atoms with Crippen LogP contribution in [0.2, 0.25) is 0 Å². The van der Waals surface area contributed by atoms with Crippen LogP contribution in [-0.2, 0) is 25.5 Å². The van der Waals surface area contributed by atoms with Crippen LogP contribution in [0.4, 0.5) is 18.9 Å². The number of aldehydes is 1. The number of carbonyl (C=O) groups is 2. The molecule has 0 aliphatic heterocycles. The van der Waals surface area contributed by atoms with Crippen molar-refractivity contribution in [2.45, 2.75) is 18.7 Å². The molecule has 0 amide bonds. The highest BCUT2D eigenvalue weighted by molar-refractivity contribution is 5.75. The van der Waals surface area contributed by atoms with Gasteiger partial charge in [-0.05, 0) is 17.7 Å². The van der Waals surface area contributed by atoms with Gasteiger partial charge >= 0.3 is 12.1 Å². The van der Waals surface area contributed by atoms with E-state index in [0.29, 0.717) is 17.5 Å². The van der Waals surface area contributed by atoms with E-state index in [9.17, 15) is 22.8 Å². The van der Waals surface area contributed by atoms with E-state index in [1.807, 2.05) is 0 Å². The lowest BCUT2D eigenvalue weighted by Crippen LogP contribution is -2.32. The van der Waals surface area contributed by atoms with Crippen molar-refractivity contribution in [3.05, 3.63) is 29.8 Å². The Balaban J connectivity index is 2.68. The molecule has 22 heavy (non-hydrogen) atoms. The van der Waals surface area contributed by atoms with Crippen LogP contribution in [0, 0.1) is 0 Å². The molecule has 0 aliphatic rings. The topological polar surface area (TPSA) is 64.6 Å². The van der Waals surface area contributed by atoms with E-state index in [2.05, 4.69) is 14.8 Å². The molecule has 1 rings (SSSR count). The van der Waals surface area contributed by atoms with Crippen molar-refractivity contribution in [2.24, 2.45) is 0 Å². The fourth-order valence-corrected chi connectivity index (χ4v) is 1.67. The second kappa shape index (κ2) is 8.38. The molecule has 1 N–H and O–H groups in total. The Morgan fingerprint density at radius 2 is 1.95 bits per heavy atom. The molecule has 0 fully saturated rings. The van der Waals surface area contributed by atoms with Gasteiger partial charge in [0.1, 0.15) is 12.9 Å². The summed E-state index contributed by atoms with van der Waals surface area (Å²) in [6.07, 6.45) is -5.20. The van der Waals surface area contributed by atoms with Gasteiger partial charge in [0.2, 0.25) is 0 Å². The second-order valence-electron chi connectivity index (χ2n) is 4.39. The number of nitrogens with one attached hydrogen (secondary N) is 1. The Kier molecular flexibility index (Phi) is 6.84. The van der Waals surface area contributed by atoms with E-state index >= 15 is 0 Å². The molecule has 1 unspecified atom stereocenters. The normalized spacial score (nSPS) is 12.5. The van der Waals surface area contributed by atoms with Crippen LogP contribution in [0.1, 0.15) is 5.56 Å². The standard InChI is InChI=1S/C14H16F3NO4/c1-21-13(20)12(22-9-14(15,16)17)8-10-2-4-11(5-3-10)18-6-7-19/h2-5,7,12,18H,6,8-9H2,1H3. The molecule has 0 saturated carbocycles. The predicted octanol–water partition coefficient (Wildman–Crippen LogP) is 1.96. The zero-order valence-electron chi connectivity index (χ0n) is 11.9. The smallest absolute Gasteiger partial charge is 0.411 e. The maximum Gasteiger partial charge on any atom is 0.411 e. The minimum absolute atomic E-state index is 0.0449. The SMILES string of the molecule is COC(=O)C(Cc1ccc(NCC=O)cc1)OCC(F)(F)F. The number of rotatable bonds is 8. The summed E-state index contributed by atoms with van der Waals surface area (Å²) in [6, 6.07) is 6.55. The van der Waals surface area contributed by atoms with Crippen LogP contribution in [-0.4, -0.2) is 44.8 Å². The van der Waals surface area contributed by atoms with Gasteiger partial charge in [0.15, 0.2) is 6.10 Å². The van der Waals surface area contributed by atoms with Crippen molar-refractivity contribution in [1.82, 2.24) is 0 Å². The molecule has 8 heteroatoms. The predicted molar refractivity (Wildman–Crippen MR) is 72.5 cm³/mol. The number of methoxy groups -OCH3 is 1. The second-order valence-corrected chi connectivity index (χ2v) is 4.39. The summed E-state index contributed by atoms with van der Waals surface area (Å²) in [6.45, 7) is -1.37. The summed E-state index contributed by atoms with van der Waals surface area (Å²) in [5, 5.41) is 2.81. The Morgan fingerprint density at radius 1 is 1.32 bits per heavy atom. The van der Waals surface area contributed by atoms with Crippen molar-refractivity contribution in [2.75, 3.05) is 25.6 Å². The highest BCUT2D eigenvalue weighted by atomic mass is 19.4. The summed E-state index contributed by atoms with van der Waals surface area (Å²) in [5.41, 5.74) is 1.29. The number of carbonyl (C=O) groups excluding carboxylic acids is 2. The van der Waals surface area contributed by atoms with Gasteiger partial charge in [-0.1, -0.05) is 12.1 Å². The van der Waals surface area contributed by atoms with E-state index in [1.165, 1.54) is 0 Å². The third-order valence-corrected chi connectivity index (χ3v) is 2.68. The van der Waals surface area contributed by atoms with Crippen LogP contribution in [0.3, 0.4) is 0 Å². The first kappa shape index (κ1) is 18.0. The van der Waals surface area contributed by atoms with Gasteiger partial charge in [0, 0.05) is 12.1 Å². The number of hydrogen-bond acceptors (Lipinski definition) is 5. The Hall–Kier alpha value is -2.09. The number of halogens is 3. The number of hydrogen-bond donors (Lipinski definition) is 1. The van der Waals surface area contributed by atoms with Gasteiger partial charge in [0.05, 0.1) is 13.7 Å². The summed E-state index contributed by atoms with van der Waals surface area (Å²) in [4.78, 5) is 21.7. The van der Waals surface area contributed by atoms with E-state index in [4.69, 9.17) is 0 Å². The van der Waals surface area contributed by atoms with Crippen molar-refractivity contribution >= 4 is 17.9 Å². The fraction of sp³-hybridized carbons (Fsp3) is 0.429. The first-order chi connectivity index (χ1) is 10.4. The third-order valence-electron chi connectivity index (χ3n) is 2.68. The van der Waals surface area contributed by atoms with Crippen molar-refractivity contribution < 1.29 is 32.2 Å². The molecule has 122 valence electrons. The van der Waals surface area contributed by atoms with Gasteiger partial charge in [-0.15, -0.1) is 0 Å². The summed E-state index contributed by atoms with van der Waals surface area (Å²) < 4.78 is 45.6. The molecule has 0 spiro atoms. The highest BCUT2D eigenvalue weighted by Gasteiger charge is 2.31. The first-order valence-corrected chi connectivity index (χ1v) is 6.38. The van der Waals surface area contributed by atoms with Gasteiger partial charge in [0.25, 0.3) is 0 Å². The number of alkyl halides is 3. The molecule has 0 saturated heterocycles. The largest absolute Gasteiger partial charge is 0.467 e. The fourth-order valence-electron chi connectivity index (χ4n) is 1.67. The third kappa shape index (κ3) is 6.57. The number of benzene rings is 1. The van der Waals surface area contributed by atoms with Crippen LogP contribution < -0.4 is 5.32 Å². The lowest BCUT2D eigenvalue weighted by Gasteiger charge is -2.17. The van der Waals surface area contributed by atoms with E-state index in [-0.39, 0.29) is 13.0 Å². The number of anilines is 1. The average molecular weight is 319 g/mol. The Morgan fingerprint density at radius 3 is 2.45 bits per heavy atom. The lowest BCUT2D eigenvalue weighted by molar-refractivity contribution is -0.193. The molecule has 5 nitrogen and oxygen atoms in total. The quantitative estimate of drug-likeness (QED) is 0.586. The van der Waals surface area contributed by atoms with Crippen molar-refractivity contribution in [3.63, 3.8) is 0 Å². The molecule has 1 atom stereocenters. The first-order valence-electron chi connectivity index (χ1n) is 6.38. The van der Waals surface area contributed by atoms with Crippen LogP contribution >= 0.6 is 0 Å². The molecule has 0 radical (unpaired) electrons. The molecule has 0 aliphatic carbocycles. The molecule has 0 aromatic heterocycles. The summed E-state index contributed by atoms with van der Waals surface area (Å²) in [7, 11) is 1.08. The lowest BCUT2D eigenvalue weighted by atomic mass is 10.1. The Labute approximate surface area is 125 Å². The van der Waals surface area contributed by atoms with Crippen molar-refractivity contribution in [3.8, 4) is 0 Å². The molecule has 1 aromatic carbocycles. The number of ether oxygens (including phenoxy) is 2. The van der Waals surface area contributed by atoms with Gasteiger partial charge in [-0.25, -0.2) is 4.79 Å². The van der Waals surface area contributed by atoms with Crippen LogP contribution in [0.25, 0.3) is 0 Å². The van der Waals surface area contributed by atoms with E-state index in [1.54, 1.807) is 24.3 Å². The minimum Gasteiger partial charge on any atom is -0.467 e.